The van der Waals surface area contributed by atoms with Gasteiger partial charge in [-0.05, 0) is 18.2 Å². The highest BCUT2D eigenvalue weighted by Crippen LogP contribution is 2.33. The maximum absolute atomic E-state index is 14.7. The van der Waals surface area contributed by atoms with Crippen molar-refractivity contribution in [3.8, 4) is 17.3 Å². The molecule has 1 aliphatic rings. The quantitative estimate of drug-likeness (QED) is 0.358. The van der Waals surface area contributed by atoms with E-state index in [4.69, 9.17) is 14.6 Å². The van der Waals surface area contributed by atoms with E-state index in [9.17, 15) is 26.7 Å². The van der Waals surface area contributed by atoms with Gasteiger partial charge in [0.25, 0.3) is 11.8 Å². The monoisotopic (exact) mass is 549 g/mol. The Balaban J connectivity index is 0.000000448. The minimum Gasteiger partial charge on any atom is -0.475 e. The Bertz CT molecular complexity index is 1460. The normalized spacial score (nSPS) is 16.7. The van der Waals surface area contributed by atoms with Crippen LogP contribution in [0.2, 0.25) is 0 Å². The number of carbonyl (C=O) groups is 2. The molecule has 0 aliphatic carbocycles. The molecule has 1 atom stereocenters. The topological polar surface area (TPSA) is 121 Å². The summed E-state index contributed by atoms with van der Waals surface area (Å²) in [5.74, 6) is -5.68. The number of fused-ring (bicyclic) bond motifs is 1. The lowest BCUT2D eigenvalue weighted by atomic mass is 10.0. The Morgan fingerprint density at radius 2 is 1.74 bits per heavy atom. The number of carboxylic acids is 1. The van der Waals surface area contributed by atoms with Gasteiger partial charge in [-0.3, -0.25) is 9.89 Å². The van der Waals surface area contributed by atoms with E-state index in [1.165, 1.54) is 11.2 Å². The fourth-order valence-electron chi connectivity index (χ4n) is 3.82. The third kappa shape index (κ3) is 6.45. The maximum Gasteiger partial charge on any atom is 0.490 e. The molecule has 5 rings (SSSR count). The lowest BCUT2D eigenvalue weighted by Crippen LogP contribution is -2.55. The van der Waals surface area contributed by atoms with Crippen molar-refractivity contribution in [2.75, 3.05) is 13.1 Å². The van der Waals surface area contributed by atoms with Crippen molar-refractivity contribution in [2.45, 2.75) is 24.6 Å². The van der Waals surface area contributed by atoms with Crippen LogP contribution in [0.3, 0.4) is 0 Å². The third-order valence-corrected chi connectivity index (χ3v) is 5.77. The minimum atomic E-state index is -5.08. The zero-order chi connectivity index (χ0) is 28.2. The number of para-hydroxylation sites is 1. The molecule has 2 aromatic carbocycles. The summed E-state index contributed by atoms with van der Waals surface area (Å²) in [6.45, 7) is -0.341. The van der Waals surface area contributed by atoms with Gasteiger partial charge in [0, 0.05) is 30.0 Å². The first-order chi connectivity index (χ1) is 18.5. The molecule has 2 aromatic heterocycles. The maximum atomic E-state index is 14.7. The van der Waals surface area contributed by atoms with E-state index in [-0.39, 0.29) is 24.9 Å². The number of likely N-dealkylation sites (tertiary alicyclic amines) is 1. The Labute approximate surface area is 217 Å². The van der Waals surface area contributed by atoms with Crippen LogP contribution in [0.4, 0.5) is 22.0 Å². The summed E-state index contributed by atoms with van der Waals surface area (Å²) < 4.78 is 66.7. The van der Waals surface area contributed by atoms with Crippen molar-refractivity contribution in [1.29, 1.82) is 0 Å². The second kappa shape index (κ2) is 11.0. The van der Waals surface area contributed by atoms with Crippen LogP contribution in [-0.4, -0.2) is 73.3 Å². The van der Waals surface area contributed by atoms with E-state index < -0.39 is 30.6 Å². The van der Waals surface area contributed by atoms with Crippen LogP contribution in [0.5, 0.6) is 5.88 Å². The first-order valence-corrected chi connectivity index (χ1v) is 11.4. The van der Waals surface area contributed by atoms with E-state index >= 15 is 0 Å². The van der Waals surface area contributed by atoms with Gasteiger partial charge in [-0.1, -0.05) is 36.4 Å². The number of halogens is 5. The van der Waals surface area contributed by atoms with Gasteiger partial charge in [0.1, 0.15) is 6.33 Å². The molecule has 1 amide bonds. The number of nitrogens with one attached hydrogen (secondary N) is 1. The number of carboxylic acid groups (broad SMARTS) is 1. The van der Waals surface area contributed by atoms with E-state index in [1.807, 2.05) is 18.2 Å². The number of benzene rings is 2. The van der Waals surface area contributed by atoms with Gasteiger partial charge in [0.2, 0.25) is 5.88 Å². The minimum absolute atomic E-state index is 0.0818. The molecule has 3 heterocycles. The molecule has 2 N–H and O–H groups in total. The Morgan fingerprint density at radius 1 is 1.05 bits per heavy atom. The fraction of sp³-hybridized carbons (Fsp3) is 0.240. The fourth-order valence-corrected chi connectivity index (χ4v) is 3.82. The van der Waals surface area contributed by atoms with Gasteiger partial charge in [-0.15, -0.1) is 0 Å². The predicted molar refractivity (Wildman–Crippen MR) is 127 cm³/mol. The molecule has 1 fully saturated rings. The molecule has 14 heteroatoms. The Kier molecular flexibility index (Phi) is 7.74. The molecule has 9 nitrogen and oxygen atoms in total. The lowest BCUT2D eigenvalue weighted by molar-refractivity contribution is -0.192. The van der Waals surface area contributed by atoms with Crippen molar-refractivity contribution in [3.05, 3.63) is 72.6 Å². The van der Waals surface area contributed by atoms with Gasteiger partial charge >= 0.3 is 12.1 Å². The van der Waals surface area contributed by atoms with Crippen LogP contribution >= 0.6 is 0 Å². The van der Waals surface area contributed by atoms with Crippen LogP contribution in [-0.2, 0) is 4.79 Å². The largest absolute Gasteiger partial charge is 0.490 e. The van der Waals surface area contributed by atoms with Gasteiger partial charge in [-0.2, -0.15) is 18.3 Å². The van der Waals surface area contributed by atoms with Crippen LogP contribution in [0.1, 0.15) is 16.8 Å². The molecular formula is C25H20F5N5O4. The molecule has 0 spiro atoms. The average Bonchev–Trinajstić information content (AvgIpc) is 3.44. The summed E-state index contributed by atoms with van der Waals surface area (Å²) in [4.78, 5) is 32.0. The number of alkyl halides is 5. The van der Waals surface area contributed by atoms with Crippen molar-refractivity contribution >= 4 is 22.8 Å². The highest BCUT2D eigenvalue weighted by atomic mass is 19.4. The number of amides is 1. The number of hydrogen-bond donors (Lipinski definition) is 2. The number of hydrogen-bond acceptors (Lipinski definition) is 6. The van der Waals surface area contributed by atoms with Crippen LogP contribution < -0.4 is 4.74 Å². The number of H-pyrrole nitrogens is 1. The van der Waals surface area contributed by atoms with Crippen molar-refractivity contribution in [3.63, 3.8) is 0 Å². The first kappa shape index (κ1) is 27.4. The van der Waals surface area contributed by atoms with E-state index in [0.29, 0.717) is 22.5 Å². The Hall–Kier alpha value is -4.62. The zero-order valence-electron chi connectivity index (χ0n) is 19.9. The summed E-state index contributed by atoms with van der Waals surface area (Å²) in [6.07, 6.45) is -5.74. The SMILES string of the molecule is O=C(O)C(F)(F)F.O=C(c1ccccc1-c1ncn[nH]1)N1CCC(F)(F)C(Oc2ccc3ccccc3n2)C1. The number of piperidine rings is 1. The van der Waals surface area contributed by atoms with Gasteiger partial charge in [-0.25, -0.2) is 23.5 Å². The second-order valence-corrected chi connectivity index (χ2v) is 8.39. The molecular weight excluding hydrogens is 529 g/mol. The predicted octanol–water partition coefficient (Wildman–Crippen LogP) is 4.58. The molecule has 0 saturated carbocycles. The van der Waals surface area contributed by atoms with Crippen molar-refractivity contribution < 1.29 is 41.4 Å². The molecule has 1 aliphatic heterocycles. The molecule has 1 saturated heterocycles. The number of pyridine rings is 1. The summed E-state index contributed by atoms with van der Waals surface area (Å²) in [5, 5.41) is 14.6. The Morgan fingerprint density at radius 3 is 2.44 bits per heavy atom. The smallest absolute Gasteiger partial charge is 0.475 e. The number of aromatic nitrogens is 4. The standard InChI is InChI=1S/C23H19F2N5O2.C2HF3O2/c24-23(25)11-12-30(22(31)17-7-3-2-6-16(17)21-26-14-27-29-21)13-19(23)32-20-10-9-15-5-1-4-8-18(15)28-20;3-2(4,5)1(6)7/h1-10,14,19H,11-13H2,(H,26,27,29);(H,6,7). The number of nitrogens with zero attached hydrogens (tertiary/aromatic N) is 4. The lowest BCUT2D eigenvalue weighted by Gasteiger charge is -2.38. The molecule has 0 radical (unpaired) electrons. The van der Waals surface area contributed by atoms with Crippen LogP contribution in [0.25, 0.3) is 22.3 Å². The molecule has 39 heavy (non-hydrogen) atoms. The third-order valence-electron chi connectivity index (χ3n) is 5.77. The van der Waals surface area contributed by atoms with E-state index in [2.05, 4.69) is 20.2 Å². The number of ether oxygens (including phenoxy) is 1. The van der Waals surface area contributed by atoms with E-state index in [1.54, 1.807) is 42.5 Å². The summed E-state index contributed by atoms with van der Waals surface area (Å²) in [7, 11) is 0. The first-order valence-electron chi connectivity index (χ1n) is 11.4. The summed E-state index contributed by atoms with van der Waals surface area (Å²) in [5.41, 5.74) is 1.57. The van der Waals surface area contributed by atoms with E-state index in [0.717, 1.165) is 5.39 Å². The number of rotatable bonds is 4. The molecule has 0 bridgehead atoms. The van der Waals surface area contributed by atoms with Crippen molar-refractivity contribution in [1.82, 2.24) is 25.1 Å². The second-order valence-electron chi connectivity index (χ2n) is 8.39. The van der Waals surface area contributed by atoms with Gasteiger partial charge in [0.15, 0.2) is 11.9 Å². The zero-order valence-corrected chi connectivity index (χ0v) is 19.9. The molecule has 204 valence electrons. The number of aliphatic carboxylic acids is 1. The molecule has 1 unspecified atom stereocenters. The van der Waals surface area contributed by atoms with Gasteiger partial charge in [0.05, 0.1) is 17.6 Å². The average molecular weight is 549 g/mol. The number of carbonyl (C=O) groups excluding carboxylic acids is 1. The molecule has 4 aromatic rings. The number of aromatic amines is 1. The highest BCUT2D eigenvalue weighted by Gasteiger charge is 2.47. The van der Waals surface area contributed by atoms with Gasteiger partial charge < -0.3 is 14.7 Å². The summed E-state index contributed by atoms with van der Waals surface area (Å²) in [6, 6.07) is 17.6. The highest BCUT2D eigenvalue weighted by molar-refractivity contribution is 6.00. The van der Waals surface area contributed by atoms with Crippen LogP contribution in [0, 0.1) is 0 Å². The summed E-state index contributed by atoms with van der Waals surface area (Å²) >= 11 is 0. The van der Waals surface area contributed by atoms with Crippen molar-refractivity contribution in [2.24, 2.45) is 0 Å². The van der Waals surface area contributed by atoms with Crippen LogP contribution in [0.15, 0.2) is 67.0 Å².